The number of rotatable bonds is 3. The molecule has 7 nitrogen and oxygen atoms in total. The van der Waals surface area contributed by atoms with E-state index in [1.165, 1.54) is 0 Å². The molecule has 0 aromatic carbocycles. The van der Waals surface area contributed by atoms with Gasteiger partial charge in [0.1, 0.15) is 10.8 Å². The summed E-state index contributed by atoms with van der Waals surface area (Å²) in [7, 11) is -3.39. The molecular formula is C19H24ClN3O4S. The summed E-state index contributed by atoms with van der Waals surface area (Å²) < 4.78 is 31.1. The van der Waals surface area contributed by atoms with E-state index in [0.717, 1.165) is 5.39 Å². The van der Waals surface area contributed by atoms with Crippen molar-refractivity contribution in [2.24, 2.45) is 0 Å². The topological polar surface area (TPSA) is 89.5 Å². The maximum Gasteiger partial charge on any atom is 0.410 e. The van der Waals surface area contributed by atoms with Gasteiger partial charge < -0.3 is 9.64 Å². The van der Waals surface area contributed by atoms with Crippen molar-refractivity contribution in [1.29, 1.82) is 0 Å². The zero-order chi connectivity index (χ0) is 20.5. The van der Waals surface area contributed by atoms with E-state index in [-0.39, 0.29) is 5.75 Å². The first-order chi connectivity index (χ1) is 13.0. The van der Waals surface area contributed by atoms with Crippen LogP contribution in [0.2, 0.25) is 5.15 Å². The van der Waals surface area contributed by atoms with Gasteiger partial charge in [0.15, 0.2) is 9.84 Å². The Bertz CT molecular complexity index is 980. The van der Waals surface area contributed by atoms with E-state index in [1.54, 1.807) is 29.3 Å². The van der Waals surface area contributed by atoms with E-state index >= 15 is 0 Å². The molecule has 0 radical (unpaired) electrons. The van der Waals surface area contributed by atoms with E-state index in [1.807, 2.05) is 20.8 Å². The van der Waals surface area contributed by atoms with Crippen LogP contribution in [0.15, 0.2) is 24.4 Å². The first-order valence-electron chi connectivity index (χ1n) is 9.14. The quantitative estimate of drug-likeness (QED) is 0.698. The fraction of sp³-hybridized carbons (Fsp3) is 0.526. The Morgan fingerprint density at radius 3 is 2.61 bits per heavy atom. The molecule has 0 aliphatic carbocycles. The number of hydrogen-bond donors (Lipinski definition) is 0. The molecule has 1 aliphatic rings. The van der Waals surface area contributed by atoms with Gasteiger partial charge in [0, 0.05) is 30.7 Å². The summed E-state index contributed by atoms with van der Waals surface area (Å²) in [5.41, 5.74) is 0.525. The van der Waals surface area contributed by atoms with Gasteiger partial charge in [0.25, 0.3) is 0 Å². The summed E-state index contributed by atoms with van der Waals surface area (Å²) >= 11 is 5.89. The van der Waals surface area contributed by atoms with Crippen LogP contribution in [-0.2, 0) is 20.3 Å². The Kier molecular flexibility index (Phi) is 5.82. The summed E-state index contributed by atoms with van der Waals surface area (Å²) in [6.07, 6.45) is 2.00. The van der Waals surface area contributed by atoms with Crippen molar-refractivity contribution in [3.05, 3.63) is 35.2 Å². The fourth-order valence-electron chi connectivity index (χ4n) is 3.16. The third-order valence-corrected chi connectivity index (χ3v) is 6.94. The Labute approximate surface area is 170 Å². The minimum atomic E-state index is -3.39. The normalized spacial score (nSPS) is 16.4. The first kappa shape index (κ1) is 20.8. The highest BCUT2D eigenvalue weighted by atomic mass is 35.5. The predicted molar refractivity (Wildman–Crippen MR) is 108 cm³/mol. The zero-order valence-electron chi connectivity index (χ0n) is 16.2. The summed E-state index contributed by atoms with van der Waals surface area (Å²) in [5, 5.41) is 0.621. The van der Waals surface area contributed by atoms with Crippen molar-refractivity contribution < 1.29 is 17.9 Å². The van der Waals surface area contributed by atoms with Crippen molar-refractivity contribution in [2.75, 3.05) is 13.1 Å². The minimum absolute atomic E-state index is 0.139. The van der Waals surface area contributed by atoms with Gasteiger partial charge in [-0.15, -0.1) is 0 Å². The van der Waals surface area contributed by atoms with E-state index in [9.17, 15) is 13.2 Å². The summed E-state index contributed by atoms with van der Waals surface area (Å²) in [6.45, 7) is 6.15. The third-order valence-electron chi connectivity index (χ3n) is 4.55. The van der Waals surface area contributed by atoms with Crippen LogP contribution in [0.1, 0.15) is 39.3 Å². The predicted octanol–water partition coefficient (Wildman–Crippen LogP) is 3.60. The Hall–Kier alpha value is -1.93. The lowest BCUT2D eigenvalue weighted by atomic mass is 10.1. The molecule has 2 aromatic heterocycles. The number of amides is 1. The third kappa shape index (κ3) is 5.11. The number of sulfone groups is 1. The second-order valence-electron chi connectivity index (χ2n) is 7.98. The Balaban J connectivity index is 1.65. The molecule has 1 saturated heterocycles. The van der Waals surface area contributed by atoms with Gasteiger partial charge in [-0.1, -0.05) is 11.6 Å². The zero-order valence-corrected chi connectivity index (χ0v) is 17.8. The molecular weight excluding hydrogens is 402 g/mol. The minimum Gasteiger partial charge on any atom is -0.444 e. The average molecular weight is 426 g/mol. The van der Waals surface area contributed by atoms with E-state index in [0.29, 0.717) is 42.3 Å². The van der Waals surface area contributed by atoms with Crippen molar-refractivity contribution in [3.63, 3.8) is 0 Å². The number of hydrogen-bond acceptors (Lipinski definition) is 6. The first-order valence-corrected chi connectivity index (χ1v) is 11.2. The van der Waals surface area contributed by atoms with Gasteiger partial charge in [-0.3, -0.25) is 4.98 Å². The van der Waals surface area contributed by atoms with Crippen LogP contribution in [-0.4, -0.2) is 53.3 Å². The number of fused-ring (bicyclic) bond motifs is 1. The number of carbonyl (C=O) groups is 1. The SMILES string of the molecule is CC(C)(C)OC(=O)N1CCC(S(=O)(=O)Cc2ccc3cnc(Cl)cc3n2)CC1. The Morgan fingerprint density at radius 1 is 1.29 bits per heavy atom. The molecule has 0 spiro atoms. The highest BCUT2D eigenvalue weighted by molar-refractivity contribution is 7.91. The highest BCUT2D eigenvalue weighted by Crippen LogP contribution is 2.23. The molecule has 2 aromatic rings. The standard InChI is InChI=1S/C19H24ClN3O4S/c1-19(2,3)27-18(24)23-8-6-15(7-9-23)28(25,26)12-14-5-4-13-11-21-17(20)10-16(13)22-14/h4-5,10-11,15H,6-9,12H2,1-3H3. The largest absolute Gasteiger partial charge is 0.444 e. The van der Waals surface area contributed by atoms with Gasteiger partial charge in [-0.25, -0.2) is 18.2 Å². The van der Waals surface area contributed by atoms with Crippen LogP contribution in [0.3, 0.4) is 0 Å². The fourth-order valence-corrected chi connectivity index (χ4v) is 5.05. The maximum absolute atomic E-state index is 12.9. The summed E-state index contributed by atoms with van der Waals surface area (Å²) in [5.74, 6) is -0.139. The summed E-state index contributed by atoms with van der Waals surface area (Å²) in [4.78, 5) is 22.1. The molecule has 0 atom stereocenters. The van der Waals surface area contributed by atoms with Gasteiger partial charge in [-0.2, -0.15) is 0 Å². The molecule has 0 saturated carbocycles. The molecule has 1 fully saturated rings. The molecule has 1 amide bonds. The lowest BCUT2D eigenvalue weighted by Crippen LogP contribution is -2.44. The number of pyridine rings is 2. The number of aromatic nitrogens is 2. The molecule has 0 N–H and O–H groups in total. The van der Waals surface area contributed by atoms with Crippen molar-refractivity contribution in [1.82, 2.24) is 14.9 Å². The smallest absolute Gasteiger partial charge is 0.410 e. The molecule has 152 valence electrons. The van der Waals surface area contributed by atoms with Gasteiger partial charge >= 0.3 is 6.09 Å². The van der Waals surface area contributed by atoms with Crippen molar-refractivity contribution >= 4 is 38.4 Å². The molecule has 0 unspecified atom stereocenters. The van der Waals surface area contributed by atoms with Crippen LogP contribution in [0.5, 0.6) is 0 Å². The van der Waals surface area contributed by atoms with Gasteiger partial charge in [-0.05, 0) is 45.7 Å². The van der Waals surface area contributed by atoms with Crippen molar-refractivity contribution in [3.8, 4) is 0 Å². The lowest BCUT2D eigenvalue weighted by molar-refractivity contribution is 0.0217. The van der Waals surface area contributed by atoms with Crippen LogP contribution < -0.4 is 0 Å². The van der Waals surface area contributed by atoms with Gasteiger partial charge in [0.05, 0.1) is 22.2 Å². The van der Waals surface area contributed by atoms with E-state index in [2.05, 4.69) is 9.97 Å². The molecule has 3 rings (SSSR count). The van der Waals surface area contributed by atoms with Crippen LogP contribution >= 0.6 is 11.6 Å². The second-order valence-corrected chi connectivity index (χ2v) is 10.6. The number of piperidine rings is 1. The average Bonchev–Trinajstić information content (AvgIpc) is 2.59. The highest BCUT2D eigenvalue weighted by Gasteiger charge is 2.33. The Morgan fingerprint density at radius 2 is 1.96 bits per heavy atom. The maximum atomic E-state index is 12.9. The molecule has 3 heterocycles. The van der Waals surface area contributed by atoms with Crippen LogP contribution in [0.25, 0.3) is 10.9 Å². The van der Waals surface area contributed by atoms with Crippen LogP contribution in [0, 0.1) is 0 Å². The van der Waals surface area contributed by atoms with E-state index in [4.69, 9.17) is 16.3 Å². The number of nitrogens with zero attached hydrogens (tertiary/aromatic N) is 3. The molecule has 1 aliphatic heterocycles. The van der Waals surface area contributed by atoms with E-state index < -0.39 is 26.8 Å². The second kappa shape index (κ2) is 7.83. The van der Waals surface area contributed by atoms with Crippen LogP contribution in [0.4, 0.5) is 4.79 Å². The number of halogens is 1. The lowest BCUT2D eigenvalue weighted by Gasteiger charge is -2.33. The van der Waals surface area contributed by atoms with Crippen molar-refractivity contribution in [2.45, 2.75) is 50.2 Å². The summed E-state index contributed by atoms with van der Waals surface area (Å²) in [6, 6.07) is 5.11. The van der Waals surface area contributed by atoms with Gasteiger partial charge in [0.2, 0.25) is 0 Å². The molecule has 28 heavy (non-hydrogen) atoms. The number of ether oxygens (including phenoxy) is 1. The number of carbonyl (C=O) groups excluding carboxylic acids is 1. The molecule has 9 heteroatoms. The molecule has 0 bridgehead atoms. The monoisotopic (exact) mass is 425 g/mol. The number of likely N-dealkylation sites (tertiary alicyclic amines) is 1.